The summed E-state index contributed by atoms with van der Waals surface area (Å²) < 4.78 is 13.0. The van der Waals surface area contributed by atoms with Crippen molar-refractivity contribution < 1.29 is 14.3 Å². The van der Waals surface area contributed by atoms with Gasteiger partial charge in [0.15, 0.2) is 11.5 Å². The first-order valence-corrected chi connectivity index (χ1v) is 10.7. The second-order valence-electron chi connectivity index (χ2n) is 6.72. The summed E-state index contributed by atoms with van der Waals surface area (Å²) in [5.74, 6) is 0.879. The first-order chi connectivity index (χ1) is 14.8. The van der Waals surface area contributed by atoms with E-state index in [0.717, 1.165) is 16.8 Å². The number of benzene rings is 2. The predicted octanol–water partition coefficient (Wildman–Crippen LogP) is 6.66. The highest BCUT2D eigenvalue weighted by molar-refractivity contribution is 6.40. The first kappa shape index (κ1) is 23.2. The standard InChI is InChI=1S/C23H21Cl3N2O3/c1-4-28-14(2)18(12-27-28)21(29)7-5-15-6-8-22(30-3)16(9-15)13-31-23-19(25)10-17(24)11-20(23)26/h5-12H,4,13H2,1-3H3/b7-5+. The first-order valence-electron chi connectivity index (χ1n) is 9.53. The number of aryl methyl sites for hydroxylation is 1. The molecule has 0 spiro atoms. The van der Waals surface area contributed by atoms with Crippen molar-refractivity contribution in [3.63, 3.8) is 0 Å². The van der Waals surface area contributed by atoms with Gasteiger partial charge >= 0.3 is 0 Å². The maximum atomic E-state index is 12.6. The van der Waals surface area contributed by atoms with Crippen LogP contribution in [0.2, 0.25) is 15.1 Å². The number of ketones is 1. The van der Waals surface area contributed by atoms with Crippen molar-refractivity contribution in [1.82, 2.24) is 9.78 Å². The average molecular weight is 480 g/mol. The minimum Gasteiger partial charge on any atom is -0.496 e. The van der Waals surface area contributed by atoms with Crippen LogP contribution in [-0.4, -0.2) is 22.7 Å². The molecule has 2 aromatic carbocycles. The van der Waals surface area contributed by atoms with E-state index in [0.29, 0.717) is 38.7 Å². The van der Waals surface area contributed by atoms with E-state index in [9.17, 15) is 4.79 Å². The lowest BCUT2D eigenvalue weighted by Gasteiger charge is -2.13. The second-order valence-corrected chi connectivity index (χ2v) is 7.97. The number of carbonyl (C=O) groups is 1. The van der Waals surface area contributed by atoms with Crippen LogP contribution in [0.4, 0.5) is 0 Å². The van der Waals surface area contributed by atoms with Gasteiger partial charge in [-0.1, -0.05) is 46.9 Å². The number of carbonyl (C=O) groups excluding carboxylic acids is 1. The average Bonchev–Trinajstić information content (AvgIpc) is 3.11. The van der Waals surface area contributed by atoms with Crippen LogP contribution in [-0.2, 0) is 13.2 Å². The van der Waals surface area contributed by atoms with Crippen molar-refractivity contribution >= 4 is 46.7 Å². The molecule has 0 aliphatic rings. The molecular formula is C23H21Cl3N2O3. The molecule has 0 saturated heterocycles. The Bertz CT molecular complexity index is 1120. The van der Waals surface area contributed by atoms with Crippen LogP contribution >= 0.6 is 34.8 Å². The number of methoxy groups -OCH3 is 1. The van der Waals surface area contributed by atoms with Crippen molar-refractivity contribution in [3.05, 3.63) is 80.1 Å². The monoisotopic (exact) mass is 478 g/mol. The van der Waals surface area contributed by atoms with Crippen LogP contribution < -0.4 is 9.47 Å². The Balaban J connectivity index is 1.79. The lowest BCUT2D eigenvalue weighted by atomic mass is 10.1. The molecule has 0 unspecified atom stereocenters. The minimum absolute atomic E-state index is 0.106. The molecule has 0 bridgehead atoms. The van der Waals surface area contributed by atoms with Crippen molar-refractivity contribution in [3.8, 4) is 11.5 Å². The van der Waals surface area contributed by atoms with Crippen LogP contribution in [0.15, 0.2) is 42.6 Å². The highest BCUT2D eigenvalue weighted by Crippen LogP contribution is 2.36. The van der Waals surface area contributed by atoms with Gasteiger partial charge in [0.25, 0.3) is 0 Å². The third-order valence-electron chi connectivity index (χ3n) is 4.73. The van der Waals surface area contributed by atoms with E-state index in [1.807, 2.05) is 32.0 Å². The lowest BCUT2D eigenvalue weighted by molar-refractivity contribution is 0.104. The number of nitrogens with zero attached hydrogens (tertiary/aromatic N) is 2. The van der Waals surface area contributed by atoms with Gasteiger partial charge in [-0.15, -0.1) is 0 Å². The number of rotatable bonds is 8. The number of hydrogen-bond acceptors (Lipinski definition) is 4. The number of halogens is 3. The fourth-order valence-corrected chi connectivity index (χ4v) is 4.03. The van der Waals surface area contributed by atoms with Crippen molar-refractivity contribution in [1.29, 1.82) is 0 Å². The summed E-state index contributed by atoms with van der Waals surface area (Å²) in [6, 6.07) is 8.68. The zero-order valence-corrected chi connectivity index (χ0v) is 19.6. The summed E-state index contributed by atoms with van der Waals surface area (Å²) in [6.45, 7) is 4.75. The van der Waals surface area contributed by atoms with E-state index < -0.39 is 0 Å². The van der Waals surface area contributed by atoms with Gasteiger partial charge in [0, 0.05) is 22.8 Å². The summed E-state index contributed by atoms with van der Waals surface area (Å²) in [5, 5.41) is 5.29. The topological polar surface area (TPSA) is 53.4 Å². The van der Waals surface area contributed by atoms with E-state index in [4.69, 9.17) is 44.3 Å². The second kappa shape index (κ2) is 10.2. The third-order valence-corrected chi connectivity index (χ3v) is 5.51. The van der Waals surface area contributed by atoms with Gasteiger partial charge in [0.2, 0.25) is 0 Å². The molecule has 0 amide bonds. The molecule has 3 rings (SSSR count). The van der Waals surface area contributed by atoms with E-state index in [2.05, 4.69) is 5.10 Å². The predicted molar refractivity (Wildman–Crippen MR) is 125 cm³/mol. The lowest BCUT2D eigenvalue weighted by Crippen LogP contribution is -2.02. The Labute approximate surface area is 196 Å². The fourth-order valence-electron chi connectivity index (χ4n) is 3.10. The van der Waals surface area contributed by atoms with Gasteiger partial charge in [-0.3, -0.25) is 9.48 Å². The Morgan fingerprint density at radius 3 is 2.48 bits per heavy atom. The van der Waals surface area contributed by atoms with E-state index in [1.165, 1.54) is 6.08 Å². The molecule has 1 aromatic heterocycles. The molecule has 0 radical (unpaired) electrons. The van der Waals surface area contributed by atoms with Gasteiger partial charge in [-0.25, -0.2) is 0 Å². The highest BCUT2D eigenvalue weighted by atomic mass is 35.5. The number of ether oxygens (including phenoxy) is 2. The normalized spacial score (nSPS) is 11.2. The molecule has 0 saturated carbocycles. The molecule has 3 aromatic rings. The number of aromatic nitrogens is 2. The molecule has 0 fully saturated rings. The fraction of sp³-hybridized carbons (Fsp3) is 0.217. The molecule has 0 N–H and O–H groups in total. The molecule has 162 valence electrons. The summed E-state index contributed by atoms with van der Waals surface area (Å²) >= 11 is 18.3. The quantitative estimate of drug-likeness (QED) is 0.268. The number of hydrogen-bond donors (Lipinski definition) is 0. The largest absolute Gasteiger partial charge is 0.496 e. The SMILES string of the molecule is CCn1ncc(C(=O)/C=C/c2ccc(OC)c(COc3c(Cl)cc(Cl)cc3Cl)c2)c1C. The highest BCUT2D eigenvalue weighted by Gasteiger charge is 2.13. The smallest absolute Gasteiger partial charge is 0.189 e. The van der Waals surface area contributed by atoms with Gasteiger partial charge in [0.1, 0.15) is 12.4 Å². The molecule has 0 atom stereocenters. The van der Waals surface area contributed by atoms with E-state index >= 15 is 0 Å². The molecule has 0 aliphatic heterocycles. The van der Waals surface area contributed by atoms with Crippen molar-refractivity contribution in [2.45, 2.75) is 27.0 Å². The third kappa shape index (κ3) is 5.42. The van der Waals surface area contributed by atoms with E-state index in [-0.39, 0.29) is 12.4 Å². The van der Waals surface area contributed by atoms with Crippen LogP contribution in [0.1, 0.15) is 34.1 Å². The molecule has 5 nitrogen and oxygen atoms in total. The molecule has 0 aliphatic carbocycles. The van der Waals surface area contributed by atoms with Crippen LogP contribution in [0.3, 0.4) is 0 Å². The zero-order valence-electron chi connectivity index (χ0n) is 17.3. The summed E-state index contributed by atoms with van der Waals surface area (Å²) in [6.07, 6.45) is 4.87. The van der Waals surface area contributed by atoms with E-state index in [1.54, 1.807) is 36.2 Å². The van der Waals surface area contributed by atoms with Crippen LogP contribution in [0.5, 0.6) is 11.5 Å². The van der Waals surface area contributed by atoms with Crippen LogP contribution in [0.25, 0.3) is 6.08 Å². The minimum atomic E-state index is -0.106. The summed E-state index contributed by atoms with van der Waals surface area (Å²) in [5.41, 5.74) is 3.02. The molecule has 1 heterocycles. The van der Waals surface area contributed by atoms with Gasteiger partial charge in [-0.2, -0.15) is 5.10 Å². The Kier molecular flexibility index (Phi) is 7.65. The van der Waals surface area contributed by atoms with Gasteiger partial charge < -0.3 is 9.47 Å². The van der Waals surface area contributed by atoms with Gasteiger partial charge in [-0.05, 0) is 49.8 Å². The maximum Gasteiger partial charge on any atom is 0.189 e. The maximum absolute atomic E-state index is 12.6. The van der Waals surface area contributed by atoms with Crippen molar-refractivity contribution in [2.24, 2.45) is 0 Å². The Morgan fingerprint density at radius 2 is 1.87 bits per heavy atom. The number of allylic oxidation sites excluding steroid dienone is 1. The Hall–Kier alpha value is -2.47. The molecular weight excluding hydrogens is 459 g/mol. The Morgan fingerprint density at radius 1 is 1.16 bits per heavy atom. The molecule has 31 heavy (non-hydrogen) atoms. The zero-order chi connectivity index (χ0) is 22.5. The van der Waals surface area contributed by atoms with Crippen LogP contribution in [0, 0.1) is 6.92 Å². The summed E-state index contributed by atoms with van der Waals surface area (Å²) in [4.78, 5) is 12.6. The summed E-state index contributed by atoms with van der Waals surface area (Å²) in [7, 11) is 1.58. The van der Waals surface area contributed by atoms with Gasteiger partial charge in [0.05, 0.1) is 28.9 Å². The van der Waals surface area contributed by atoms with Crippen molar-refractivity contribution in [2.75, 3.05) is 7.11 Å². The molecule has 8 heteroatoms.